The maximum absolute atomic E-state index is 12.7. The van der Waals surface area contributed by atoms with Gasteiger partial charge in [0.25, 0.3) is 20.2 Å². The fourth-order valence-corrected chi connectivity index (χ4v) is 4.56. The van der Waals surface area contributed by atoms with Gasteiger partial charge < -0.3 is 10.4 Å². The van der Waals surface area contributed by atoms with Crippen LogP contribution in [0.25, 0.3) is 10.8 Å². The van der Waals surface area contributed by atoms with Gasteiger partial charge in [0.2, 0.25) is 5.95 Å². The largest absolute Gasteiger partial charge is 0.507 e. The van der Waals surface area contributed by atoms with E-state index in [4.69, 9.17) is 4.55 Å². The second-order valence-corrected chi connectivity index (χ2v) is 9.48. The summed E-state index contributed by atoms with van der Waals surface area (Å²) < 4.78 is 61.7. The Labute approximate surface area is 172 Å². The van der Waals surface area contributed by atoms with E-state index in [9.17, 15) is 21.9 Å². The average molecular weight is 454 g/mol. The number of aryl methyl sites for hydroxylation is 2. The van der Waals surface area contributed by atoms with Gasteiger partial charge in [-0.05, 0) is 43.7 Å². The first kappa shape index (κ1) is 21.8. The molecule has 3 rings (SSSR count). The van der Waals surface area contributed by atoms with Crippen LogP contribution in [0.15, 0.2) is 29.2 Å². The maximum atomic E-state index is 12.7. The maximum Gasteiger partial charge on any atom is 0.299 e. The van der Waals surface area contributed by atoms with Gasteiger partial charge in [0.05, 0.1) is 12.8 Å². The van der Waals surface area contributed by atoms with Crippen LogP contribution < -0.4 is 5.32 Å². The van der Waals surface area contributed by atoms with Gasteiger partial charge in [-0.2, -0.15) is 26.8 Å². The monoisotopic (exact) mass is 454 g/mol. The first-order chi connectivity index (χ1) is 13.9. The number of anilines is 2. The molecule has 0 aliphatic carbocycles. The van der Waals surface area contributed by atoms with Gasteiger partial charge in [0.1, 0.15) is 28.0 Å². The van der Waals surface area contributed by atoms with Crippen molar-refractivity contribution in [2.75, 3.05) is 12.4 Å². The summed E-state index contributed by atoms with van der Waals surface area (Å²) in [7, 11) is -7.78. The lowest BCUT2D eigenvalue weighted by atomic mass is 10.1. The Kier molecular flexibility index (Phi) is 5.64. The van der Waals surface area contributed by atoms with Crippen LogP contribution in [0.4, 0.5) is 11.6 Å². The predicted molar refractivity (Wildman–Crippen MR) is 108 cm³/mol. The molecule has 0 spiro atoms. The van der Waals surface area contributed by atoms with E-state index in [0.717, 1.165) is 13.2 Å². The van der Waals surface area contributed by atoms with Gasteiger partial charge in [0.15, 0.2) is 0 Å². The summed E-state index contributed by atoms with van der Waals surface area (Å²) in [5.74, 6) is -0.265. The molecule has 1 heterocycles. The lowest BCUT2D eigenvalue weighted by Gasteiger charge is -2.15. The molecule has 0 saturated heterocycles. The third kappa shape index (κ3) is 4.64. The standard InChI is InChI=1S/C17H18N4O7S2/c1-9-18-10(2)20-17(19-9)21-14-5-4-12-13(16(14)30(26,27)28-3)6-11(7-15(12)22)8-29(23,24)25/h4-7,22H,8H2,1-3H3,(H,23,24,25)(H,18,19,20,21). The molecule has 30 heavy (non-hydrogen) atoms. The number of phenols is 1. The molecule has 0 atom stereocenters. The zero-order chi connectivity index (χ0) is 22.3. The normalized spacial score (nSPS) is 12.3. The molecule has 3 aromatic rings. The van der Waals surface area contributed by atoms with Gasteiger partial charge in [-0.1, -0.05) is 0 Å². The van der Waals surface area contributed by atoms with Crippen LogP contribution >= 0.6 is 0 Å². The van der Waals surface area contributed by atoms with Crippen molar-refractivity contribution in [1.82, 2.24) is 15.0 Å². The number of aromatic nitrogens is 3. The van der Waals surface area contributed by atoms with E-state index in [1.54, 1.807) is 13.8 Å². The smallest absolute Gasteiger partial charge is 0.299 e. The van der Waals surface area contributed by atoms with E-state index < -0.39 is 26.0 Å². The highest BCUT2D eigenvalue weighted by atomic mass is 32.2. The topological polar surface area (TPSA) is 169 Å². The van der Waals surface area contributed by atoms with Crippen LogP contribution in [-0.2, 0) is 30.2 Å². The van der Waals surface area contributed by atoms with Crippen LogP contribution in [-0.4, -0.2) is 48.6 Å². The first-order valence-electron chi connectivity index (χ1n) is 8.40. The minimum absolute atomic E-state index is 0.0111. The Morgan fingerprint density at radius 3 is 2.20 bits per heavy atom. The molecule has 0 bridgehead atoms. The quantitative estimate of drug-likeness (QED) is 0.367. The summed E-state index contributed by atoms with van der Waals surface area (Å²) in [6.45, 7) is 3.29. The minimum Gasteiger partial charge on any atom is -0.507 e. The molecule has 0 aliphatic rings. The van der Waals surface area contributed by atoms with Crippen molar-refractivity contribution in [3.8, 4) is 5.75 Å². The second-order valence-electron chi connectivity index (χ2n) is 6.38. The number of nitrogens with zero attached hydrogens (tertiary/aromatic N) is 3. The molecule has 11 nitrogen and oxygen atoms in total. The van der Waals surface area contributed by atoms with E-state index >= 15 is 0 Å². The zero-order valence-electron chi connectivity index (χ0n) is 16.1. The number of fused-ring (bicyclic) bond motifs is 1. The van der Waals surface area contributed by atoms with Crippen molar-refractivity contribution < 1.29 is 30.7 Å². The molecule has 0 amide bonds. The number of nitrogens with one attached hydrogen (secondary N) is 1. The number of rotatable bonds is 6. The average Bonchev–Trinajstić information content (AvgIpc) is 2.58. The molecular formula is C17H18N4O7S2. The third-order valence-corrected chi connectivity index (χ3v) is 6.12. The zero-order valence-corrected chi connectivity index (χ0v) is 17.7. The fourth-order valence-electron chi connectivity index (χ4n) is 2.98. The molecule has 0 radical (unpaired) electrons. The van der Waals surface area contributed by atoms with E-state index in [0.29, 0.717) is 11.6 Å². The van der Waals surface area contributed by atoms with Gasteiger partial charge in [-0.3, -0.25) is 8.74 Å². The third-order valence-electron chi connectivity index (χ3n) is 4.05. The van der Waals surface area contributed by atoms with Gasteiger partial charge in [-0.25, -0.2) is 4.98 Å². The molecule has 0 unspecified atom stereocenters. The molecule has 2 aromatic carbocycles. The Morgan fingerprint density at radius 2 is 1.63 bits per heavy atom. The highest BCUT2D eigenvalue weighted by Gasteiger charge is 2.24. The van der Waals surface area contributed by atoms with Crippen LogP contribution in [0.5, 0.6) is 5.75 Å². The van der Waals surface area contributed by atoms with E-state index in [-0.39, 0.29) is 38.6 Å². The van der Waals surface area contributed by atoms with Gasteiger partial charge >= 0.3 is 0 Å². The number of benzene rings is 2. The molecule has 0 fully saturated rings. The first-order valence-corrected chi connectivity index (χ1v) is 11.4. The lowest BCUT2D eigenvalue weighted by molar-refractivity contribution is 0.399. The molecule has 1 aromatic heterocycles. The van der Waals surface area contributed by atoms with Crippen LogP contribution in [0, 0.1) is 13.8 Å². The SMILES string of the molecule is COS(=O)(=O)c1c(Nc2nc(C)nc(C)n2)ccc2c(O)cc(CS(=O)(=O)O)cc12. The molecule has 160 valence electrons. The molecule has 0 saturated carbocycles. The van der Waals surface area contributed by atoms with Crippen molar-refractivity contribution in [3.05, 3.63) is 41.5 Å². The summed E-state index contributed by atoms with van der Waals surface area (Å²) in [5.41, 5.74) is 0.0248. The lowest BCUT2D eigenvalue weighted by Crippen LogP contribution is -2.10. The fraction of sp³-hybridized carbons (Fsp3) is 0.235. The highest BCUT2D eigenvalue weighted by Crippen LogP contribution is 2.37. The Bertz CT molecular complexity index is 1340. The van der Waals surface area contributed by atoms with Crippen LogP contribution in [0.1, 0.15) is 17.2 Å². The van der Waals surface area contributed by atoms with Crippen LogP contribution in [0.3, 0.4) is 0 Å². The molecule has 0 aliphatic heterocycles. The van der Waals surface area contributed by atoms with Crippen molar-refractivity contribution >= 4 is 42.6 Å². The van der Waals surface area contributed by atoms with Crippen molar-refractivity contribution in [3.63, 3.8) is 0 Å². The van der Waals surface area contributed by atoms with E-state index in [1.807, 2.05) is 0 Å². The number of aromatic hydroxyl groups is 1. The summed E-state index contributed by atoms with van der Waals surface area (Å²) >= 11 is 0. The summed E-state index contributed by atoms with van der Waals surface area (Å²) in [4.78, 5) is 11.9. The second kappa shape index (κ2) is 7.75. The number of hydrogen-bond donors (Lipinski definition) is 3. The minimum atomic E-state index is -4.42. The molecule has 13 heteroatoms. The van der Waals surface area contributed by atoms with E-state index in [1.165, 1.54) is 18.2 Å². The summed E-state index contributed by atoms with van der Waals surface area (Å²) in [6, 6.07) is 5.21. The van der Waals surface area contributed by atoms with E-state index in [2.05, 4.69) is 24.5 Å². The predicted octanol–water partition coefficient (Wildman–Crippen LogP) is 1.81. The van der Waals surface area contributed by atoms with Gasteiger partial charge in [-0.15, -0.1) is 0 Å². The van der Waals surface area contributed by atoms with Crippen molar-refractivity contribution in [1.29, 1.82) is 0 Å². The Hall–Kier alpha value is -2.87. The molecular weight excluding hydrogens is 436 g/mol. The van der Waals surface area contributed by atoms with Crippen molar-refractivity contribution in [2.45, 2.75) is 24.5 Å². The highest BCUT2D eigenvalue weighted by molar-refractivity contribution is 7.87. The van der Waals surface area contributed by atoms with Crippen LogP contribution in [0.2, 0.25) is 0 Å². The molecule has 3 N–H and O–H groups in total. The summed E-state index contributed by atoms with van der Waals surface area (Å²) in [5, 5.41) is 13.2. The van der Waals surface area contributed by atoms with Crippen molar-refractivity contribution in [2.24, 2.45) is 0 Å². The van der Waals surface area contributed by atoms with Gasteiger partial charge in [0, 0.05) is 10.8 Å². The Balaban J connectivity index is 2.30. The number of hydrogen-bond acceptors (Lipinski definition) is 10. The summed E-state index contributed by atoms with van der Waals surface area (Å²) in [6.07, 6.45) is 0. The Morgan fingerprint density at radius 1 is 1.00 bits per heavy atom. The number of phenolic OH excluding ortho intramolecular Hbond substituents is 1.